The van der Waals surface area contributed by atoms with E-state index < -0.39 is 0 Å². The van der Waals surface area contributed by atoms with E-state index >= 15 is 0 Å². The lowest BCUT2D eigenvalue weighted by atomic mass is 9.99. The molecule has 4 nitrogen and oxygen atoms in total. The van der Waals surface area contributed by atoms with Crippen LogP contribution in [0.4, 0.5) is 0 Å². The van der Waals surface area contributed by atoms with Gasteiger partial charge in [0.25, 0.3) is 5.91 Å². The topological polar surface area (TPSA) is 50.9 Å². The standard InChI is InChI=1S/C12H13NO3/c14-12-10-2-1-3-11(9(10)4-5-13-12)16-7-8-6-15-8/h1-3,8H,4-7H2,(H,13,14)/t8-/m0/s1. The van der Waals surface area contributed by atoms with Crippen molar-refractivity contribution in [3.8, 4) is 5.75 Å². The second-order valence-electron chi connectivity index (χ2n) is 4.05. The number of amides is 1. The fraction of sp³-hybridized carbons (Fsp3) is 0.417. The van der Waals surface area contributed by atoms with Gasteiger partial charge in [0.05, 0.1) is 6.61 Å². The summed E-state index contributed by atoms with van der Waals surface area (Å²) in [6.07, 6.45) is 1.08. The van der Waals surface area contributed by atoms with E-state index in [0.717, 1.165) is 29.9 Å². The smallest absolute Gasteiger partial charge is 0.251 e. The molecule has 2 aliphatic rings. The van der Waals surface area contributed by atoms with Gasteiger partial charge in [-0.2, -0.15) is 0 Å². The zero-order valence-corrected chi connectivity index (χ0v) is 8.86. The molecule has 1 aromatic rings. The van der Waals surface area contributed by atoms with Crippen molar-refractivity contribution in [3.05, 3.63) is 29.3 Å². The predicted molar refractivity (Wildman–Crippen MR) is 57.7 cm³/mol. The van der Waals surface area contributed by atoms with E-state index in [1.807, 2.05) is 18.2 Å². The van der Waals surface area contributed by atoms with Crippen LogP contribution >= 0.6 is 0 Å². The zero-order chi connectivity index (χ0) is 11.0. The van der Waals surface area contributed by atoms with Gasteiger partial charge in [0.15, 0.2) is 0 Å². The Labute approximate surface area is 93.5 Å². The quantitative estimate of drug-likeness (QED) is 0.763. The van der Waals surface area contributed by atoms with Crippen LogP contribution in [0.3, 0.4) is 0 Å². The average Bonchev–Trinajstić information content (AvgIpc) is 3.11. The molecule has 1 N–H and O–H groups in total. The van der Waals surface area contributed by atoms with E-state index in [1.165, 1.54) is 0 Å². The van der Waals surface area contributed by atoms with E-state index in [1.54, 1.807) is 0 Å². The van der Waals surface area contributed by atoms with Crippen LogP contribution in [-0.2, 0) is 11.2 Å². The molecule has 84 valence electrons. The first-order chi connectivity index (χ1) is 7.84. The van der Waals surface area contributed by atoms with E-state index in [-0.39, 0.29) is 12.0 Å². The summed E-state index contributed by atoms with van der Waals surface area (Å²) in [5.74, 6) is 0.817. The highest BCUT2D eigenvalue weighted by atomic mass is 16.6. The fourth-order valence-corrected chi connectivity index (χ4v) is 1.91. The fourth-order valence-electron chi connectivity index (χ4n) is 1.91. The van der Waals surface area contributed by atoms with Crippen molar-refractivity contribution in [2.24, 2.45) is 0 Å². The predicted octanol–water partition coefficient (Wildman–Crippen LogP) is 0.750. The van der Waals surface area contributed by atoms with Crippen LogP contribution in [0.2, 0.25) is 0 Å². The van der Waals surface area contributed by atoms with Gasteiger partial charge in [-0.25, -0.2) is 0 Å². The molecule has 0 aliphatic carbocycles. The molecule has 3 rings (SSSR count). The molecule has 1 amide bonds. The molecule has 0 radical (unpaired) electrons. The Bertz CT molecular complexity index is 426. The highest BCUT2D eigenvalue weighted by Gasteiger charge is 2.25. The highest BCUT2D eigenvalue weighted by molar-refractivity contribution is 5.97. The summed E-state index contributed by atoms with van der Waals surface area (Å²) in [7, 11) is 0. The van der Waals surface area contributed by atoms with Gasteiger partial charge in [-0.15, -0.1) is 0 Å². The number of benzene rings is 1. The van der Waals surface area contributed by atoms with Gasteiger partial charge in [-0.3, -0.25) is 4.79 Å². The molecule has 0 spiro atoms. The SMILES string of the molecule is O=C1NCCc2c(OC[C@@H]3CO3)cccc21. The van der Waals surface area contributed by atoms with Crippen LogP contribution in [0.15, 0.2) is 18.2 Å². The van der Waals surface area contributed by atoms with Crippen LogP contribution in [0, 0.1) is 0 Å². The third-order valence-electron chi connectivity index (χ3n) is 2.87. The van der Waals surface area contributed by atoms with Gasteiger partial charge in [-0.05, 0) is 18.6 Å². The maximum Gasteiger partial charge on any atom is 0.251 e. The third kappa shape index (κ3) is 1.76. The third-order valence-corrected chi connectivity index (χ3v) is 2.87. The number of nitrogens with one attached hydrogen (secondary N) is 1. The average molecular weight is 219 g/mol. The van der Waals surface area contributed by atoms with Crippen molar-refractivity contribution < 1.29 is 14.3 Å². The molecule has 2 aliphatic heterocycles. The number of fused-ring (bicyclic) bond motifs is 1. The normalized spacial score (nSPS) is 22.2. The molecule has 0 saturated carbocycles. The maximum atomic E-state index is 11.6. The van der Waals surface area contributed by atoms with Gasteiger partial charge in [0, 0.05) is 17.7 Å². The Balaban J connectivity index is 1.85. The Morgan fingerprint density at radius 1 is 1.50 bits per heavy atom. The minimum Gasteiger partial charge on any atom is -0.490 e. The molecule has 4 heteroatoms. The first-order valence-electron chi connectivity index (χ1n) is 5.49. The summed E-state index contributed by atoms with van der Waals surface area (Å²) >= 11 is 0. The van der Waals surface area contributed by atoms with Crippen LogP contribution in [0.1, 0.15) is 15.9 Å². The van der Waals surface area contributed by atoms with E-state index in [2.05, 4.69) is 5.32 Å². The minimum absolute atomic E-state index is 0.00521. The summed E-state index contributed by atoms with van der Waals surface area (Å²) in [5, 5.41) is 2.82. The first kappa shape index (κ1) is 9.66. The molecule has 1 aromatic carbocycles. The lowest BCUT2D eigenvalue weighted by Gasteiger charge is -2.19. The number of hydrogen-bond acceptors (Lipinski definition) is 3. The first-order valence-corrected chi connectivity index (χ1v) is 5.49. The Morgan fingerprint density at radius 2 is 2.38 bits per heavy atom. The molecule has 16 heavy (non-hydrogen) atoms. The zero-order valence-electron chi connectivity index (χ0n) is 8.86. The molecular formula is C12H13NO3. The second kappa shape index (κ2) is 3.79. The van der Waals surface area contributed by atoms with Crippen molar-refractivity contribution in [1.82, 2.24) is 5.32 Å². The monoisotopic (exact) mass is 219 g/mol. The Morgan fingerprint density at radius 3 is 3.19 bits per heavy atom. The lowest BCUT2D eigenvalue weighted by molar-refractivity contribution is 0.0945. The number of carbonyl (C=O) groups excluding carboxylic acids is 1. The van der Waals surface area contributed by atoms with Crippen molar-refractivity contribution >= 4 is 5.91 Å². The largest absolute Gasteiger partial charge is 0.490 e. The van der Waals surface area contributed by atoms with Gasteiger partial charge in [0.1, 0.15) is 18.5 Å². The van der Waals surface area contributed by atoms with Gasteiger partial charge < -0.3 is 14.8 Å². The van der Waals surface area contributed by atoms with Crippen LogP contribution in [-0.4, -0.2) is 31.8 Å². The summed E-state index contributed by atoms with van der Waals surface area (Å²) in [5.41, 5.74) is 1.76. The number of rotatable bonds is 3. The Kier molecular flexibility index (Phi) is 2.29. The number of epoxide rings is 1. The van der Waals surface area contributed by atoms with Crippen LogP contribution in [0.25, 0.3) is 0 Å². The highest BCUT2D eigenvalue weighted by Crippen LogP contribution is 2.26. The van der Waals surface area contributed by atoms with Crippen molar-refractivity contribution in [3.63, 3.8) is 0 Å². The van der Waals surface area contributed by atoms with Crippen molar-refractivity contribution in [1.29, 1.82) is 0 Å². The molecule has 1 fully saturated rings. The summed E-state index contributed by atoms with van der Waals surface area (Å²) in [4.78, 5) is 11.6. The number of carbonyl (C=O) groups is 1. The summed E-state index contributed by atoms with van der Waals surface area (Å²) in [6, 6.07) is 5.61. The molecule has 1 atom stereocenters. The Hall–Kier alpha value is -1.55. The molecular weight excluding hydrogens is 206 g/mol. The van der Waals surface area contributed by atoms with Gasteiger partial charge in [0.2, 0.25) is 0 Å². The van der Waals surface area contributed by atoms with E-state index in [0.29, 0.717) is 13.2 Å². The van der Waals surface area contributed by atoms with Crippen LogP contribution < -0.4 is 10.1 Å². The summed E-state index contributed by atoms with van der Waals surface area (Å²) in [6.45, 7) is 2.06. The maximum absolute atomic E-state index is 11.6. The van der Waals surface area contributed by atoms with Crippen LogP contribution in [0.5, 0.6) is 5.75 Å². The van der Waals surface area contributed by atoms with Gasteiger partial charge in [-0.1, -0.05) is 6.07 Å². The van der Waals surface area contributed by atoms with E-state index in [9.17, 15) is 4.79 Å². The number of ether oxygens (including phenoxy) is 2. The molecule has 0 unspecified atom stereocenters. The minimum atomic E-state index is -0.00521. The van der Waals surface area contributed by atoms with Gasteiger partial charge >= 0.3 is 0 Å². The lowest BCUT2D eigenvalue weighted by Crippen LogP contribution is -2.32. The molecule has 1 saturated heterocycles. The van der Waals surface area contributed by atoms with Crippen molar-refractivity contribution in [2.75, 3.05) is 19.8 Å². The summed E-state index contributed by atoms with van der Waals surface area (Å²) < 4.78 is 10.8. The molecule has 0 bridgehead atoms. The second-order valence-corrected chi connectivity index (χ2v) is 4.05. The molecule has 2 heterocycles. The van der Waals surface area contributed by atoms with E-state index in [4.69, 9.17) is 9.47 Å². The number of hydrogen-bond donors (Lipinski definition) is 1. The van der Waals surface area contributed by atoms with Crippen molar-refractivity contribution in [2.45, 2.75) is 12.5 Å². The molecule has 0 aromatic heterocycles.